The molecule has 0 aliphatic rings. The van der Waals surface area contributed by atoms with Crippen LogP contribution < -0.4 is 20.6 Å². The number of hydrogen-bond donors (Lipinski definition) is 2. The second-order valence-corrected chi connectivity index (χ2v) is 8.27. The largest absolute Gasteiger partial charge is 0.478 e. The lowest BCUT2D eigenvalue weighted by atomic mass is 10.1. The van der Waals surface area contributed by atoms with Gasteiger partial charge in [-0.2, -0.15) is 5.10 Å². The van der Waals surface area contributed by atoms with Crippen LogP contribution in [-0.4, -0.2) is 46.5 Å². The molecule has 1 aromatic carbocycles. The third-order valence-corrected chi connectivity index (χ3v) is 5.32. The zero-order valence-electron chi connectivity index (χ0n) is 20.2. The highest BCUT2D eigenvalue weighted by molar-refractivity contribution is 5.76. The topological polar surface area (TPSA) is 109 Å². The Hall–Kier alpha value is -3.36. The number of unbranched alkanes of at least 4 members (excludes halogenated alkanes) is 1. The first-order valence-corrected chi connectivity index (χ1v) is 11.2. The molecule has 1 heterocycles. The Morgan fingerprint density at radius 1 is 1.30 bits per heavy atom. The van der Waals surface area contributed by atoms with Crippen LogP contribution in [0.5, 0.6) is 5.75 Å². The highest BCUT2D eigenvalue weighted by Gasteiger charge is 2.29. The normalized spacial score (nSPS) is 11.2. The van der Waals surface area contributed by atoms with Gasteiger partial charge in [0.15, 0.2) is 5.60 Å². The van der Waals surface area contributed by atoms with Crippen molar-refractivity contribution >= 4 is 24.1 Å². The number of aromatic nitrogens is 2. The number of hydrogen-bond acceptors (Lipinski definition) is 7. The Balaban J connectivity index is 2.16. The number of ether oxygens (including phenoxy) is 1. The first-order valence-electron chi connectivity index (χ1n) is 11.2. The number of nitrogens with zero attached hydrogens (tertiary/aromatic N) is 4. The number of anilines is 2. The van der Waals surface area contributed by atoms with Crippen LogP contribution in [0, 0.1) is 0 Å². The predicted octanol–water partition coefficient (Wildman–Crippen LogP) is 3.55. The van der Waals surface area contributed by atoms with E-state index in [2.05, 4.69) is 24.1 Å². The molecule has 0 spiro atoms. The van der Waals surface area contributed by atoms with E-state index in [-0.39, 0.29) is 5.56 Å². The number of carboxylic acids is 1. The van der Waals surface area contributed by atoms with Crippen LogP contribution in [0.3, 0.4) is 0 Å². The summed E-state index contributed by atoms with van der Waals surface area (Å²) in [5, 5.41) is 17.9. The van der Waals surface area contributed by atoms with Crippen LogP contribution in [-0.2, 0) is 24.2 Å². The van der Waals surface area contributed by atoms with E-state index in [4.69, 9.17) is 9.72 Å². The van der Waals surface area contributed by atoms with E-state index in [9.17, 15) is 14.7 Å². The molecule has 33 heavy (non-hydrogen) atoms. The molecule has 0 aliphatic heterocycles. The van der Waals surface area contributed by atoms with Crippen molar-refractivity contribution in [2.75, 3.05) is 23.9 Å². The van der Waals surface area contributed by atoms with E-state index in [1.54, 1.807) is 23.7 Å². The summed E-state index contributed by atoms with van der Waals surface area (Å²) >= 11 is 0. The average Bonchev–Trinajstić information content (AvgIpc) is 2.78. The molecule has 180 valence electrons. The number of aliphatic carboxylic acids is 1. The van der Waals surface area contributed by atoms with Crippen molar-refractivity contribution in [2.45, 2.75) is 65.5 Å². The van der Waals surface area contributed by atoms with Crippen LogP contribution in [0.2, 0.25) is 0 Å². The highest BCUT2D eigenvalue weighted by Crippen LogP contribution is 2.21. The van der Waals surface area contributed by atoms with Crippen LogP contribution in [0.1, 0.15) is 52.1 Å². The molecule has 9 nitrogen and oxygen atoms in total. The number of carboxylic acid groups (broad SMARTS) is 1. The minimum absolute atomic E-state index is 0.121. The van der Waals surface area contributed by atoms with Gasteiger partial charge in [-0.15, -0.1) is 0 Å². The summed E-state index contributed by atoms with van der Waals surface area (Å²) in [4.78, 5) is 29.3. The molecule has 0 radical (unpaired) electrons. The maximum atomic E-state index is 13.3. The van der Waals surface area contributed by atoms with E-state index in [0.29, 0.717) is 30.9 Å². The Morgan fingerprint density at radius 2 is 1.97 bits per heavy atom. The maximum Gasteiger partial charge on any atom is 0.347 e. The van der Waals surface area contributed by atoms with Crippen molar-refractivity contribution in [3.63, 3.8) is 0 Å². The minimum Gasteiger partial charge on any atom is -0.478 e. The smallest absolute Gasteiger partial charge is 0.347 e. The quantitative estimate of drug-likeness (QED) is 0.350. The summed E-state index contributed by atoms with van der Waals surface area (Å²) in [5.41, 5.74) is 0.632. The number of benzene rings is 1. The van der Waals surface area contributed by atoms with Gasteiger partial charge in [0.05, 0.1) is 5.69 Å². The lowest BCUT2D eigenvalue weighted by Gasteiger charge is -2.22. The minimum atomic E-state index is -1.31. The summed E-state index contributed by atoms with van der Waals surface area (Å²) in [6, 6.07) is 7.04. The molecule has 9 heteroatoms. The number of carbonyl (C=O) groups is 1. The second kappa shape index (κ2) is 11.5. The number of hydrazone groups is 1. The molecule has 1 aromatic heterocycles. The van der Waals surface area contributed by atoms with E-state index >= 15 is 0 Å². The molecule has 0 fully saturated rings. The molecule has 0 bridgehead atoms. The van der Waals surface area contributed by atoms with Crippen LogP contribution in [0.4, 0.5) is 11.4 Å². The molecule has 0 unspecified atom stereocenters. The lowest BCUT2D eigenvalue weighted by Crippen LogP contribution is -2.37. The first-order chi connectivity index (χ1) is 15.6. The molecule has 0 aliphatic carbocycles. The molecule has 0 saturated heterocycles. The number of aryl methyl sites for hydroxylation is 2. The third-order valence-electron chi connectivity index (χ3n) is 5.32. The SMILES string of the molecule is C=NN(C)c1c(CCCC)nc(CC)n(CCNc2ccc(OC(C)(C)C(=O)O)cc2)c1=O. The fourth-order valence-corrected chi connectivity index (χ4v) is 3.34. The van der Waals surface area contributed by atoms with Gasteiger partial charge in [-0.3, -0.25) is 14.4 Å². The van der Waals surface area contributed by atoms with Crippen molar-refractivity contribution in [1.82, 2.24) is 9.55 Å². The molecular weight excluding hydrogens is 422 g/mol. The van der Waals surface area contributed by atoms with Crippen LogP contribution in [0.25, 0.3) is 0 Å². The Labute approximate surface area is 195 Å². The molecule has 0 amide bonds. The van der Waals surface area contributed by atoms with Crippen molar-refractivity contribution in [3.8, 4) is 5.75 Å². The first kappa shape index (κ1) is 25.9. The molecular formula is C24H35N5O4. The van der Waals surface area contributed by atoms with E-state index < -0.39 is 11.6 Å². The fourth-order valence-electron chi connectivity index (χ4n) is 3.34. The second-order valence-electron chi connectivity index (χ2n) is 8.27. The van der Waals surface area contributed by atoms with E-state index in [0.717, 1.165) is 36.5 Å². The molecule has 2 N–H and O–H groups in total. The lowest BCUT2D eigenvalue weighted by molar-refractivity contribution is -0.152. The summed E-state index contributed by atoms with van der Waals surface area (Å²) in [5.74, 6) is 0.176. The van der Waals surface area contributed by atoms with Gasteiger partial charge in [-0.1, -0.05) is 20.3 Å². The zero-order chi connectivity index (χ0) is 24.6. The van der Waals surface area contributed by atoms with Crippen LogP contribution in [0.15, 0.2) is 34.2 Å². The number of rotatable bonds is 13. The Morgan fingerprint density at radius 3 is 2.52 bits per heavy atom. The van der Waals surface area contributed by atoms with Gasteiger partial charge in [0.1, 0.15) is 17.3 Å². The van der Waals surface area contributed by atoms with E-state index in [1.807, 2.05) is 19.1 Å². The van der Waals surface area contributed by atoms with Gasteiger partial charge in [0.2, 0.25) is 0 Å². The summed E-state index contributed by atoms with van der Waals surface area (Å²) < 4.78 is 7.21. The van der Waals surface area contributed by atoms with Crippen LogP contribution >= 0.6 is 0 Å². The molecule has 2 rings (SSSR count). The van der Waals surface area contributed by atoms with E-state index in [1.165, 1.54) is 18.9 Å². The summed E-state index contributed by atoms with van der Waals surface area (Å²) in [6.07, 6.45) is 3.33. The average molecular weight is 458 g/mol. The Kier molecular flexibility index (Phi) is 9.02. The van der Waals surface area contributed by atoms with Gasteiger partial charge < -0.3 is 15.2 Å². The highest BCUT2D eigenvalue weighted by atomic mass is 16.5. The number of nitrogens with one attached hydrogen (secondary N) is 1. The van der Waals surface area contributed by atoms with Gasteiger partial charge in [-0.05, 0) is 51.0 Å². The van der Waals surface area contributed by atoms with Gasteiger partial charge in [-0.25, -0.2) is 9.78 Å². The standard InChI is InChI=1S/C24H35N5O4/c1-7-9-10-19-21(28(6)25-5)22(30)29(20(8-2)27-19)16-15-26-17-11-13-18(14-12-17)33-24(3,4)23(31)32/h11-14,26H,5,7-10,15-16H2,1-4,6H3,(H,31,32). The zero-order valence-corrected chi connectivity index (χ0v) is 20.2. The third kappa shape index (κ3) is 6.57. The fraction of sp³-hybridized carbons (Fsp3) is 0.500. The van der Waals surface area contributed by atoms with Crippen molar-refractivity contribution in [1.29, 1.82) is 0 Å². The van der Waals surface area contributed by atoms with Crippen molar-refractivity contribution in [2.24, 2.45) is 5.10 Å². The Bertz CT molecular complexity index is 1010. The predicted molar refractivity (Wildman–Crippen MR) is 132 cm³/mol. The summed E-state index contributed by atoms with van der Waals surface area (Å²) in [7, 11) is 1.71. The van der Waals surface area contributed by atoms with Crippen molar-refractivity contribution in [3.05, 3.63) is 46.1 Å². The molecule has 0 atom stereocenters. The monoisotopic (exact) mass is 457 g/mol. The van der Waals surface area contributed by atoms with Gasteiger partial charge >= 0.3 is 5.97 Å². The van der Waals surface area contributed by atoms with Gasteiger partial charge in [0, 0.05) is 39.0 Å². The van der Waals surface area contributed by atoms with Gasteiger partial charge in [0.25, 0.3) is 5.56 Å². The maximum absolute atomic E-state index is 13.3. The summed E-state index contributed by atoms with van der Waals surface area (Å²) in [6.45, 7) is 11.6. The van der Waals surface area contributed by atoms with Crippen molar-refractivity contribution < 1.29 is 14.6 Å². The molecule has 2 aromatic rings. The molecule has 0 saturated carbocycles.